The van der Waals surface area contributed by atoms with Gasteiger partial charge in [0.05, 0.1) is 11.7 Å². The maximum absolute atomic E-state index is 10.5. The molecule has 0 radical (unpaired) electrons. The highest BCUT2D eigenvalue weighted by Crippen LogP contribution is 2.33. The lowest BCUT2D eigenvalue weighted by Crippen LogP contribution is -2.49. The van der Waals surface area contributed by atoms with Crippen LogP contribution in [-0.4, -0.2) is 36.6 Å². The van der Waals surface area contributed by atoms with Crippen LogP contribution in [0, 0.1) is 5.92 Å². The number of aliphatic hydroxyl groups excluding tert-OH is 1. The van der Waals surface area contributed by atoms with Gasteiger partial charge in [0.1, 0.15) is 0 Å². The molecule has 0 aromatic carbocycles. The summed E-state index contributed by atoms with van der Waals surface area (Å²) < 4.78 is 11.3. The lowest BCUT2D eigenvalue weighted by atomic mass is 9.82. The molecule has 1 aliphatic heterocycles. The Bertz CT molecular complexity index is 190. The van der Waals surface area contributed by atoms with Crippen LogP contribution in [0.1, 0.15) is 52.9 Å². The second kappa shape index (κ2) is 7.34. The Morgan fingerprint density at radius 3 is 2.24 bits per heavy atom. The van der Waals surface area contributed by atoms with Crippen molar-refractivity contribution >= 4 is 0 Å². The summed E-state index contributed by atoms with van der Waals surface area (Å²) in [4.78, 5) is 0. The standard InChI is InChI=1S/C14H28O3/c1-4-12(5-2)11-13(15)14(17-6-3)7-9-16-10-8-14/h12-13,15H,4-11H2,1-3H3. The molecule has 0 aromatic heterocycles. The molecule has 1 atom stereocenters. The molecule has 1 rings (SSSR count). The first-order valence-electron chi connectivity index (χ1n) is 7.08. The summed E-state index contributed by atoms with van der Waals surface area (Å²) in [6.45, 7) is 8.47. The fourth-order valence-corrected chi connectivity index (χ4v) is 2.73. The van der Waals surface area contributed by atoms with Crippen molar-refractivity contribution in [2.24, 2.45) is 5.92 Å². The zero-order valence-corrected chi connectivity index (χ0v) is 11.6. The fourth-order valence-electron chi connectivity index (χ4n) is 2.73. The smallest absolute Gasteiger partial charge is 0.0983 e. The van der Waals surface area contributed by atoms with E-state index in [9.17, 15) is 5.11 Å². The Kier molecular flexibility index (Phi) is 6.45. The Morgan fingerprint density at radius 1 is 1.18 bits per heavy atom. The van der Waals surface area contributed by atoms with Crippen LogP contribution in [-0.2, 0) is 9.47 Å². The molecule has 1 saturated heterocycles. The second-order valence-corrected chi connectivity index (χ2v) is 5.04. The molecule has 102 valence electrons. The van der Waals surface area contributed by atoms with E-state index in [2.05, 4.69) is 13.8 Å². The summed E-state index contributed by atoms with van der Waals surface area (Å²) in [5, 5.41) is 10.5. The molecule has 1 heterocycles. The van der Waals surface area contributed by atoms with Gasteiger partial charge in [-0.1, -0.05) is 26.7 Å². The first-order valence-corrected chi connectivity index (χ1v) is 7.08. The van der Waals surface area contributed by atoms with E-state index >= 15 is 0 Å². The molecule has 1 N–H and O–H groups in total. The summed E-state index contributed by atoms with van der Waals surface area (Å²) in [5.74, 6) is 0.602. The van der Waals surface area contributed by atoms with Gasteiger partial charge in [-0.2, -0.15) is 0 Å². The average Bonchev–Trinajstić information content (AvgIpc) is 2.37. The third-order valence-electron chi connectivity index (χ3n) is 4.09. The normalized spacial score (nSPS) is 21.7. The largest absolute Gasteiger partial charge is 0.390 e. The monoisotopic (exact) mass is 244 g/mol. The quantitative estimate of drug-likeness (QED) is 0.748. The van der Waals surface area contributed by atoms with Crippen LogP contribution in [0.4, 0.5) is 0 Å². The van der Waals surface area contributed by atoms with Crippen molar-refractivity contribution in [3.8, 4) is 0 Å². The van der Waals surface area contributed by atoms with Gasteiger partial charge in [0.15, 0.2) is 0 Å². The minimum Gasteiger partial charge on any atom is -0.390 e. The highest BCUT2D eigenvalue weighted by molar-refractivity contribution is 4.91. The van der Waals surface area contributed by atoms with E-state index in [1.54, 1.807) is 0 Å². The molecular weight excluding hydrogens is 216 g/mol. The highest BCUT2D eigenvalue weighted by atomic mass is 16.5. The van der Waals surface area contributed by atoms with Gasteiger partial charge in [-0.15, -0.1) is 0 Å². The van der Waals surface area contributed by atoms with Gasteiger partial charge in [0.25, 0.3) is 0 Å². The Hall–Kier alpha value is -0.120. The van der Waals surface area contributed by atoms with Gasteiger partial charge in [0, 0.05) is 32.7 Å². The Morgan fingerprint density at radius 2 is 1.76 bits per heavy atom. The SMILES string of the molecule is CCOC1(C(O)CC(CC)CC)CCOCC1. The Balaban J connectivity index is 2.61. The van der Waals surface area contributed by atoms with Crippen LogP contribution in [0.15, 0.2) is 0 Å². The molecule has 0 amide bonds. The van der Waals surface area contributed by atoms with Crippen LogP contribution in [0.5, 0.6) is 0 Å². The molecule has 0 spiro atoms. The van der Waals surface area contributed by atoms with Gasteiger partial charge in [-0.3, -0.25) is 0 Å². The van der Waals surface area contributed by atoms with E-state index in [0.29, 0.717) is 25.7 Å². The van der Waals surface area contributed by atoms with Crippen molar-refractivity contribution in [2.75, 3.05) is 19.8 Å². The average molecular weight is 244 g/mol. The minimum absolute atomic E-state index is 0.351. The molecule has 1 aliphatic rings. The third-order valence-corrected chi connectivity index (χ3v) is 4.09. The summed E-state index contributed by atoms with van der Waals surface area (Å²) in [6.07, 6.45) is 4.41. The predicted molar refractivity (Wildman–Crippen MR) is 69.1 cm³/mol. The Labute approximate surface area is 105 Å². The van der Waals surface area contributed by atoms with Crippen LogP contribution in [0.2, 0.25) is 0 Å². The van der Waals surface area contributed by atoms with Crippen molar-refractivity contribution < 1.29 is 14.6 Å². The van der Waals surface area contributed by atoms with Crippen LogP contribution in [0.25, 0.3) is 0 Å². The van der Waals surface area contributed by atoms with Crippen molar-refractivity contribution in [3.05, 3.63) is 0 Å². The van der Waals surface area contributed by atoms with E-state index in [4.69, 9.17) is 9.47 Å². The molecule has 0 saturated carbocycles. The molecular formula is C14H28O3. The third kappa shape index (κ3) is 3.94. The van der Waals surface area contributed by atoms with Gasteiger partial charge in [-0.05, 0) is 19.3 Å². The fraction of sp³-hybridized carbons (Fsp3) is 1.00. The number of aliphatic hydroxyl groups is 1. The van der Waals surface area contributed by atoms with Crippen molar-refractivity contribution in [2.45, 2.75) is 64.6 Å². The summed E-state index contributed by atoms with van der Waals surface area (Å²) >= 11 is 0. The van der Waals surface area contributed by atoms with Crippen molar-refractivity contribution in [3.63, 3.8) is 0 Å². The molecule has 1 fully saturated rings. The van der Waals surface area contributed by atoms with Gasteiger partial charge < -0.3 is 14.6 Å². The molecule has 0 aromatic rings. The minimum atomic E-state index is -0.352. The lowest BCUT2D eigenvalue weighted by Gasteiger charge is -2.41. The number of hydrogen-bond acceptors (Lipinski definition) is 3. The van der Waals surface area contributed by atoms with Gasteiger partial charge >= 0.3 is 0 Å². The zero-order valence-electron chi connectivity index (χ0n) is 11.6. The number of ether oxygens (including phenoxy) is 2. The topological polar surface area (TPSA) is 38.7 Å². The van der Waals surface area contributed by atoms with E-state index in [-0.39, 0.29) is 11.7 Å². The van der Waals surface area contributed by atoms with E-state index in [1.807, 2.05) is 6.92 Å². The van der Waals surface area contributed by atoms with Crippen LogP contribution >= 0.6 is 0 Å². The molecule has 3 heteroatoms. The zero-order chi connectivity index (χ0) is 12.7. The van der Waals surface area contributed by atoms with Crippen molar-refractivity contribution in [1.82, 2.24) is 0 Å². The van der Waals surface area contributed by atoms with E-state index < -0.39 is 0 Å². The van der Waals surface area contributed by atoms with E-state index in [0.717, 1.165) is 32.1 Å². The first-order chi connectivity index (χ1) is 8.18. The molecule has 3 nitrogen and oxygen atoms in total. The highest BCUT2D eigenvalue weighted by Gasteiger charge is 2.40. The summed E-state index contributed by atoms with van der Waals surface area (Å²) in [7, 11) is 0. The lowest BCUT2D eigenvalue weighted by molar-refractivity contribution is -0.170. The number of rotatable bonds is 7. The summed E-state index contributed by atoms with van der Waals surface area (Å²) in [6, 6.07) is 0. The molecule has 17 heavy (non-hydrogen) atoms. The molecule has 0 bridgehead atoms. The van der Waals surface area contributed by atoms with Crippen molar-refractivity contribution in [1.29, 1.82) is 0 Å². The molecule has 0 aliphatic carbocycles. The van der Waals surface area contributed by atoms with Crippen LogP contribution < -0.4 is 0 Å². The second-order valence-electron chi connectivity index (χ2n) is 5.04. The van der Waals surface area contributed by atoms with Gasteiger partial charge in [0.2, 0.25) is 0 Å². The first kappa shape index (κ1) is 14.9. The summed E-state index contributed by atoms with van der Waals surface area (Å²) in [5.41, 5.74) is -0.352. The predicted octanol–water partition coefficient (Wildman–Crippen LogP) is 2.76. The van der Waals surface area contributed by atoms with Gasteiger partial charge in [-0.25, -0.2) is 0 Å². The maximum atomic E-state index is 10.5. The van der Waals surface area contributed by atoms with Crippen LogP contribution in [0.3, 0.4) is 0 Å². The van der Waals surface area contributed by atoms with E-state index in [1.165, 1.54) is 0 Å². The maximum Gasteiger partial charge on any atom is 0.0983 e. The number of hydrogen-bond donors (Lipinski definition) is 1. The molecule has 1 unspecified atom stereocenters.